The van der Waals surface area contributed by atoms with Crippen LogP contribution in [0.25, 0.3) is 6.08 Å². The molecule has 0 aliphatic carbocycles. The van der Waals surface area contributed by atoms with Crippen molar-refractivity contribution in [3.8, 4) is 17.2 Å². The van der Waals surface area contributed by atoms with Gasteiger partial charge in [-0.3, -0.25) is 14.9 Å². The van der Waals surface area contributed by atoms with Gasteiger partial charge >= 0.3 is 6.03 Å². The van der Waals surface area contributed by atoms with Gasteiger partial charge in [0.1, 0.15) is 11.3 Å². The van der Waals surface area contributed by atoms with Gasteiger partial charge in [0.2, 0.25) is 0 Å². The van der Waals surface area contributed by atoms with E-state index < -0.39 is 17.8 Å². The number of carbonyl (C=O) groups excluding carboxylic acids is 3. The average Bonchev–Trinajstić information content (AvgIpc) is 2.71. The van der Waals surface area contributed by atoms with Gasteiger partial charge < -0.3 is 14.2 Å². The molecule has 1 heterocycles. The molecule has 0 unspecified atom stereocenters. The summed E-state index contributed by atoms with van der Waals surface area (Å²) in [6.45, 7) is 0. The zero-order chi connectivity index (χ0) is 20.3. The third-order valence-corrected chi connectivity index (χ3v) is 4.17. The Bertz CT molecular complexity index is 965. The number of anilines is 1. The fraction of sp³-hybridized carbons (Fsp3) is 0.150. The molecule has 0 aromatic heterocycles. The van der Waals surface area contributed by atoms with Gasteiger partial charge in [0.05, 0.1) is 27.0 Å². The maximum Gasteiger partial charge on any atom is 0.335 e. The number of ether oxygens (including phenoxy) is 3. The van der Waals surface area contributed by atoms with E-state index >= 15 is 0 Å². The second-order valence-corrected chi connectivity index (χ2v) is 5.74. The van der Waals surface area contributed by atoms with E-state index in [1.165, 1.54) is 27.4 Å². The van der Waals surface area contributed by atoms with Crippen LogP contribution < -0.4 is 24.4 Å². The van der Waals surface area contributed by atoms with Crippen molar-refractivity contribution in [2.24, 2.45) is 0 Å². The average molecular weight is 382 g/mol. The zero-order valence-corrected chi connectivity index (χ0v) is 15.5. The lowest BCUT2D eigenvalue weighted by Crippen LogP contribution is -2.54. The van der Waals surface area contributed by atoms with E-state index in [4.69, 9.17) is 14.2 Å². The Hall–Kier alpha value is -3.81. The summed E-state index contributed by atoms with van der Waals surface area (Å²) < 4.78 is 15.6. The Labute approximate surface area is 161 Å². The molecule has 28 heavy (non-hydrogen) atoms. The number of nitrogens with zero attached hydrogens (tertiary/aromatic N) is 1. The van der Waals surface area contributed by atoms with Crippen molar-refractivity contribution in [2.75, 3.05) is 26.2 Å². The van der Waals surface area contributed by atoms with Crippen molar-refractivity contribution in [1.29, 1.82) is 0 Å². The number of methoxy groups -OCH3 is 3. The molecule has 0 radical (unpaired) electrons. The monoisotopic (exact) mass is 382 g/mol. The van der Waals surface area contributed by atoms with Crippen LogP contribution in [0.2, 0.25) is 0 Å². The molecule has 0 saturated carbocycles. The molecule has 144 valence electrons. The van der Waals surface area contributed by atoms with Crippen molar-refractivity contribution < 1.29 is 28.6 Å². The predicted octanol–water partition coefficient (Wildman–Crippen LogP) is 2.38. The molecular weight excluding hydrogens is 364 g/mol. The highest BCUT2D eigenvalue weighted by atomic mass is 16.5. The maximum atomic E-state index is 12.9. The second-order valence-electron chi connectivity index (χ2n) is 5.74. The lowest BCUT2D eigenvalue weighted by Gasteiger charge is -2.26. The number of carbonyl (C=O) groups is 3. The van der Waals surface area contributed by atoms with Gasteiger partial charge in [-0.1, -0.05) is 12.1 Å². The van der Waals surface area contributed by atoms with Crippen LogP contribution in [0.1, 0.15) is 5.56 Å². The molecule has 1 aliphatic heterocycles. The first-order chi connectivity index (χ1) is 13.5. The summed E-state index contributed by atoms with van der Waals surface area (Å²) in [5.41, 5.74) is 0.561. The number of barbiturate groups is 1. The molecule has 1 N–H and O–H groups in total. The minimum atomic E-state index is -0.824. The summed E-state index contributed by atoms with van der Waals surface area (Å²) in [7, 11) is 4.45. The largest absolute Gasteiger partial charge is 0.497 e. The molecule has 2 aromatic carbocycles. The first-order valence-corrected chi connectivity index (χ1v) is 8.26. The molecule has 1 saturated heterocycles. The molecule has 4 amide bonds. The van der Waals surface area contributed by atoms with Crippen LogP contribution in [-0.2, 0) is 9.59 Å². The first-order valence-electron chi connectivity index (χ1n) is 8.26. The van der Waals surface area contributed by atoms with Gasteiger partial charge in [0, 0.05) is 5.56 Å². The second kappa shape index (κ2) is 7.83. The Kier molecular flexibility index (Phi) is 5.30. The van der Waals surface area contributed by atoms with Gasteiger partial charge in [-0.2, -0.15) is 0 Å². The molecule has 1 fully saturated rings. The highest BCUT2D eigenvalue weighted by Crippen LogP contribution is 2.33. The topological polar surface area (TPSA) is 94.2 Å². The molecule has 0 bridgehead atoms. The Morgan fingerprint density at radius 1 is 0.893 bits per heavy atom. The molecule has 8 heteroatoms. The van der Waals surface area contributed by atoms with Crippen LogP contribution in [0.4, 0.5) is 10.5 Å². The van der Waals surface area contributed by atoms with Crippen LogP contribution in [0.5, 0.6) is 17.2 Å². The number of benzene rings is 2. The van der Waals surface area contributed by atoms with Crippen molar-refractivity contribution in [3.63, 3.8) is 0 Å². The Morgan fingerprint density at radius 3 is 2.21 bits per heavy atom. The molecule has 0 atom stereocenters. The molecule has 3 rings (SSSR count). The summed E-state index contributed by atoms with van der Waals surface area (Å²) in [5.74, 6) is -0.149. The highest BCUT2D eigenvalue weighted by molar-refractivity contribution is 6.39. The minimum Gasteiger partial charge on any atom is -0.497 e. The fourth-order valence-corrected chi connectivity index (χ4v) is 2.80. The molecule has 8 nitrogen and oxygen atoms in total. The van der Waals surface area contributed by atoms with Gasteiger partial charge in [0.15, 0.2) is 11.5 Å². The smallest absolute Gasteiger partial charge is 0.335 e. The molecule has 1 aliphatic rings. The number of para-hydroxylation sites is 1. The van der Waals surface area contributed by atoms with Crippen molar-refractivity contribution in [2.45, 2.75) is 0 Å². The summed E-state index contributed by atoms with van der Waals surface area (Å²) >= 11 is 0. The van der Waals surface area contributed by atoms with Gasteiger partial charge in [-0.05, 0) is 36.4 Å². The lowest BCUT2D eigenvalue weighted by molar-refractivity contribution is -0.122. The minimum absolute atomic E-state index is 0.207. The van der Waals surface area contributed by atoms with Crippen molar-refractivity contribution >= 4 is 29.6 Å². The standard InChI is InChI=1S/C20H18N2O6/c1-26-14-9-7-13(8-10-14)22-19(24)15(18(23)21-20(22)25)11-12-5-4-6-16(27-2)17(12)28-3/h4-11H,1-3H3,(H,21,23,25). The van der Waals surface area contributed by atoms with Gasteiger partial charge in [0.25, 0.3) is 11.8 Å². The molecular formula is C20H18N2O6. The molecule has 2 aromatic rings. The van der Waals surface area contributed by atoms with E-state index in [9.17, 15) is 14.4 Å². The van der Waals surface area contributed by atoms with Crippen LogP contribution in [0.15, 0.2) is 48.0 Å². The first kappa shape index (κ1) is 19.0. The summed E-state index contributed by atoms with van der Waals surface area (Å²) in [5, 5.41) is 2.18. The Balaban J connectivity index is 2.04. The van der Waals surface area contributed by atoms with Crippen LogP contribution >= 0.6 is 0 Å². The summed E-state index contributed by atoms with van der Waals surface area (Å²) in [6, 6.07) is 10.6. The Morgan fingerprint density at radius 2 is 1.61 bits per heavy atom. The summed E-state index contributed by atoms with van der Waals surface area (Å²) in [6.07, 6.45) is 1.36. The van der Waals surface area contributed by atoms with E-state index in [0.29, 0.717) is 28.5 Å². The van der Waals surface area contributed by atoms with E-state index in [-0.39, 0.29) is 5.57 Å². The number of hydrogen-bond acceptors (Lipinski definition) is 6. The number of amides is 4. The predicted molar refractivity (Wildman–Crippen MR) is 102 cm³/mol. The third kappa shape index (κ3) is 3.39. The normalized spacial score (nSPS) is 15.5. The van der Waals surface area contributed by atoms with Crippen molar-refractivity contribution in [3.05, 3.63) is 53.6 Å². The van der Waals surface area contributed by atoms with E-state index in [2.05, 4.69) is 5.32 Å². The number of urea groups is 1. The van der Waals surface area contributed by atoms with E-state index in [1.807, 2.05) is 0 Å². The maximum absolute atomic E-state index is 12.9. The third-order valence-electron chi connectivity index (χ3n) is 4.17. The van der Waals surface area contributed by atoms with E-state index in [1.54, 1.807) is 42.5 Å². The lowest BCUT2D eigenvalue weighted by atomic mass is 10.1. The van der Waals surface area contributed by atoms with Gasteiger partial charge in [-0.25, -0.2) is 9.69 Å². The SMILES string of the molecule is COc1ccc(N2C(=O)NC(=O)C(=Cc3cccc(OC)c3OC)C2=O)cc1. The highest BCUT2D eigenvalue weighted by Gasteiger charge is 2.37. The van der Waals surface area contributed by atoms with Crippen LogP contribution in [-0.4, -0.2) is 39.2 Å². The van der Waals surface area contributed by atoms with Crippen molar-refractivity contribution in [1.82, 2.24) is 5.32 Å². The number of nitrogens with one attached hydrogen (secondary N) is 1. The molecule has 0 spiro atoms. The summed E-state index contributed by atoms with van der Waals surface area (Å²) in [4.78, 5) is 38.4. The zero-order valence-electron chi connectivity index (χ0n) is 15.5. The number of imide groups is 2. The van der Waals surface area contributed by atoms with E-state index in [0.717, 1.165) is 4.90 Å². The number of rotatable bonds is 5. The van der Waals surface area contributed by atoms with Gasteiger partial charge in [-0.15, -0.1) is 0 Å². The fourth-order valence-electron chi connectivity index (χ4n) is 2.80. The quantitative estimate of drug-likeness (QED) is 0.630. The van der Waals surface area contributed by atoms with Crippen LogP contribution in [0, 0.1) is 0 Å². The number of hydrogen-bond donors (Lipinski definition) is 1. The van der Waals surface area contributed by atoms with Crippen LogP contribution in [0.3, 0.4) is 0 Å².